The molecular weight excluding hydrogens is 180 g/mol. The van der Waals surface area contributed by atoms with E-state index in [1.54, 1.807) is 0 Å². The summed E-state index contributed by atoms with van der Waals surface area (Å²) in [5.41, 5.74) is 3.33. The number of ether oxygens (including phenoxy) is 1. The van der Waals surface area contributed by atoms with Crippen LogP contribution in [0, 0.1) is 6.92 Å². The van der Waals surface area contributed by atoms with Crippen molar-refractivity contribution < 1.29 is 4.74 Å². The molecule has 0 amide bonds. The summed E-state index contributed by atoms with van der Waals surface area (Å²) in [5.74, 6) is 6.48. The zero-order chi connectivity index (χ0) is 10.4. The number of aromatic nitrogens is 2. The highest BCUT2D eigenvalue weighted by Gasteiger charge is 2.05. The van der Waals surface area contributed by atoms with E-state index in [2.05, 4.69) is 22.3 Å². The molecule has 0 fully saturated rings. The molecule has 0 saturated heterocycles. The number of nitrogen functional groups attached to an aromatic ring is 1. The van der Waals surface area contributed by atoms with Crippen LogP contribution in [0.4, 0.5) is 5.82 Å². The third-order valence-electron chi connectivity index (χ3n) is 1.91. The van der Waals surface area contributed by atoms with Crippen molar-refractivity contribution in [2.45, 2.75) is 26.7 Å². The van der Waals surface area contributed by atoms with E-state index in [1.165, 1.54) is 6.33 Å². The monoisotopic (exact) mass is 196 g/mol. The second-order valence-electron chi connectivity index (χ2n) is 3.00. The summed E-state index contributed by atoms with van der Waals surface area (Å²) in [6.07, 6.45) is 3.56. The predicted molar refractivity (Wildman–Crippen MR) is 55.0 cm³/mol. The summed E-state index contributed by atoms with van der Waals surface area (Å²) in [4.78, 5) is 7.99. The maximum absolute atomic E-state index is 5.47. The molecule has 0 aliphatic carbocycles. The molecule has 5 nitrogen and oxygen atoms in total. The maximum Gasteiger partial charge on any atom is 0.221 e. The Morgan fingerprint density at radius 2 is 2.29 bits per heavy atom. The van der Waals surface area contributed by atoms with Crippen molar-refractivity contribution in [3.63, 3.8) is 0 Å². The number of unbranched alkanes of at least 4 members (excludes halogenated alkanes) is 1. The number of anilines is 1. The molecule has 14 heavy (non-hydrogen) atoms. The van der Waals surface area contributed by atoms with Crippen molar-refractivity contribution in [1.82, 2.24) is 9.97 Å². The van der Waals surface area contributed by atoms with Gasteiger partial charge in [0.25, 0.3) is 0 Å². The Morgan fingerprint density at radius 3 is 2.93 bits per heavy atom. The molecular formula is C9H16N4O. The van der Waals surface area contributed by atoms with Gasteiger partial charge < -0.3 is 10.2 Å². The highest BCUT2D eigenvalue weighted by Crippen LogP contribution is 2.19. The van der Waals surface area contributed by atoms with Crippen LogP contribution in [-0.2, 0) is 0 Å². The van der Waals surface area contributed by atoms with Crippen LogP contribution in [0.5, 0.6) is 5.88 Å². The van der Waals surface area contributed by atoms with Crippen molar-refractivity contribution in [1.29, 1.82) is 0 Å². The Hall–Kier alpha value is -1.36. The van der Waals surface area contributed by atoms with E-state index in [9.17, 15) is 0 Å². The molecule has 1 aromatic heterocycles. The van der Waals surface area contributed by atoms with Gasteiger partial charge in [-0.1, -0.05) is 13.3 Å². The molecule has 0 saturated carbocycles. The fourth-order valence-corrected chi connectivity index (χ4v) is 1.04. The van der Waals surface area contributed by atoms with Gasteiger partial charge in [-0.05, 0) is 13.3 Å². The first-order valence-corrected chi connectivity index (χ1v) is 4.70. The summed E-state index contributed by atoms with van der Waals surface area (Å²) in [7, 11) is 0. The zero-order valence-corrected chi connectivity index (χ0v) is 8.58. The fraction of sp³-hybridized carbons (Fsp3) is 0.556. The molecule has 0 aromatic carbocycles. The molecule has 0 spiro atoms. The molecule has 78 valence electrons. The Kier molecular flexibility index (Phi) is 4.12. The van der Waals surface area contributed by atoms with Crippen LogP contribution < -0.4 is 16.0 Å². The van der Waals surface area contributed by atoms with Gasteiger partial charge in [0.2, 0.25) is 5.88 Å². The van der Waals surface area contributed by atoms with E-state index >= 15 is 0 Å². The smallest absolute Gasteiger partial charge is 0.221 e. The summed E-state index contributed by atoms with van der Waals surface area (Å²) in [5, 5.41) is 0. The fourth-order valence-electron chi connectivity index (χ4n) is 1.04. The second-order valence-corrected chi connectivity index (χ2v) is 3.00. The molecule has 0 radical (unpaired) electrons. The van der Waals surface area contributed by atoms with Crippen molar-refractivity contribution in [3.05, 3.63) is 11.9 Å². The normalized spacial score (nSPS) is 9.93. The minimum absolute atomic E-state index is 0.599. The summed E-state index contributed by atoms with van der Waals surface area (Å²) in [6.45, 7) is 4.66. The van der Waals surface area contributed by atoms with Gasteiger partial charge in [-0.2, -0.15) is 0 Å². The van der Waals surface area contributed by atoms with Gasteiger partial charge in [0.15, 0.2) is 0 Å². The van der Waals surface area contributed by atoms with Crippen LogP contribution >= 0.6 is 0 Å². The lowest BCUT2D eigenvalue weighted by molar-refractivity contribution is 0.295. The third kappa shape index (κ3) is 2.56. The van der Waals surface area contributed by atoms with Crippen LogP contribution in [0.15, 0.2) is 6.33 Å². The average Bonchev–Trinajstić information content (AvgIpc) is 2.21. The predicted octanol–water partition coefficient (Wildman–Crippen LogP) is 1.25. The van der Waals surface area contributed by atoms with Crippen LogP contribution in [0.25, 0.3) is 0 Å². The number of rotatable bonds is 5. The molecule has 0 aliphatic heterocycles. The van der Waals surface area contributed by atoms with Crippen LogP contribution in [0.3, 0.4) is 0 Å². The zero-order valence-electron chi connectivity index (χ0n) is 8.58. The van der Waals surface area contributed by atoms with Gasteiger partial charge >= 0.3 is 0 Å². The van der Waals surface area contributed by atoms with E-state index in [0.29, 0.717) is 18.3 Å². The molecule has 1 rings (SSSR count). The lowest BCUT2D eigenvalue weighted by Crippen LogP contribution is -2.11. The minimum atomic E-state index is 0.599. The number of nitrogens with one attached hydrogen (secondary N) is 1. The first-order chi connectivity index (χ1) is 6.79. The van der Waals surface area contributed by atoms with Crippen LogP contribution in [-0.4, -0.2) is 16.6 Å². The number of nitrogens with two attached hydrogens (primary N) is 1. The number of hydrogen-bond donors (Lipinski definition) is 2. The molecule has 0 bridgehead atoms. The Balaban J connectivity index is 2.66. The molecule has 0 aliphatic rings. The second kappa shape index (κ2) is 5.39. The largest absolute Gasteiger partial charge is 0.477 e. The highest BCUT2D eigenvalue weighted by molar-refractivity contribution is 5.46. The Morgan fingerprint density at radius 1 is 1.50 bits per heavy atom. The quantitative estimate of drug-likeness (QED) is 0.421. The number of nitrogens with zero attached hydrogens (tertiary/aromatic N) is 2. The molecule has 0 unspecified atom stereocenters. The maximum atomic E-state index is 5.47. The molecule has 1 aromatic rings. The van der Waals surface area contributed by atoms with E-state index in [4.69, 9.17) is 10.6 Å². The number of hydrogen-bond acceptors (Lipinski definition) is 5. The molecule has 5 heteroatoms. The average molecular weight is 196 g/mol. The lowest BCUT2D eigenvalue weighted by Gasteiger charge is -2.09. The summed E-state index contributed by atoms with van der Waals surface area (Å²) < 4.78 is 5.47. The van der Waals surface area contributed by atoms with Gasteiger partial charge in [-0.15, -0.1) is 0 Å². The summed E-state index contributed by atoms with van der Waals surface area (Å²) >= 11 is 0. The SMILES string of the molecule is CCCCOc1ncnc(NN)c1C. The Bertz CT molecular complexity index is 290. The van der Waals surface area contributed by atoms with Crippen molar-refractivity contribution >= 4 is 5.82 Å². The van der Waals surface area contributed by atoms with E-state index in [-0.39, 0.29) is 0 Å². The molecule has 1 heterocycles. The summed E-state index contributed by atoms with van der Waals surface area (Å²) in [6, 6.07) is 0. The minimum Gasteiger partial charge on any atom is -0.477 e. The number of hydrazine groups is 1. The van der Waals surface area contributed by atoms with Gasteiger partial charge in [0.1, 0.15) is 12.1 Å². The van der Waals surface area contributed by atoms with E-state index in [1.807, 2.05) is 6.92 Å². The van der Waals surface area contributed by atoms with Crippen LogP contribution in [0.2, 0.25) is 0 Å². The molecule has 0 atom stereocenters. The van der Waals surface area contributed by atoms with Gasteiger partial charge in [-0.3, -0.25) is 0 Å². The van der Waals surface area contributed by atoms with Crippen LogP contribution in [0.1, 0.15) is 25.3 Å². The third-order valence-corrected chi connectivity index (χ3v) is 1.91. The Labute approximate surface area is 83.7 Å². The highest BCUT2D eigenvalue weighted by atomic mass is 16.5. The van der Waals surface area contributed by atoms with Crippen molar-refractivity contribution in [3.8, 4) is 5.88 Å². The molecule has 3 N–H and O–H groups in total. The van der Waals surface area contributed by atoms with Crippen molar-refractivity contribution in [2.75, 3.05) is 12.0 Å². The van der Waals surface area contributed by atoms with Gasteiger partial charge in [0, 0.05) is 0 Å². The standard InChI is InChI=1S/C9H16N4O/c1-3-4-5-14-9-7(2)8(13-10)11-6-12-9/h6H,3-5,10H2,1-2H3,(H,11,12,13). The van der Waals surface area contributed by atoms with E-state index < -0.39 is 0 Å². The lowest BCUT2D eigenvalue weighted by atomic mass is 10.3. The first kappa shape index (κ1) is 10.7. The van der Waals surface area contributed by atoms with E-state index in [0.717, 1.165) is 18.4 Å². The van der Waals surface area contributed by atoms with Gasteiger partial charge in [0.05, 0.1) is 12.2 Å². The first-order valence-electron chi connectivity index (χ1n) is 4.70. The van der Waals surface area contributed by atoms with Gasteiger partial charge in [-0.25, -0.2) is 15.8 Å². The topological polar surface area (TPSA) is 73.1 Å². The van der Waals surface area contributed by atoms with Crippen molar-refractivity contribution in [2.24, 2.45) is 5.84 Å².